The van der Waals surface area contributed by atoms with Crippen molar-refractivity contribution in [1.82, 2.24) is 34.2 Å². The summed E-state index contributed by atoms with van der Waals surface area (Å²) in [6.45, 7) is 6.62. The van der Waals surface area contributed by atoms with E-state index in [1.54, 1.807) is 43.5 Å². The summed E-state index contributed by atoms with van der Waals surface area (Å²) in [5.74, 6) is 0.778. The van der Waals surface area contributed by atoms with Crippen molar-refractivity contribution in [3.05, 3.63) is 41.9 Å². The number of nitrogens with zero attached hydrogens (tertiary/aromatic N) is 7. The smallest absolute Gasteiger partial charge is 0.270 e. The monoisotopic (exact) mass is 560 g/mol. The first kappa shape index (κ1) is 27.6. The van der Waals surface area contributed by atoms with Crippen LogP contribution < -0.4 is 5.32 Å². The highest BCUT2D eigenvalue weighted by atomic mass is 16.3. The second kappa shape index (κ2) is 10.1. The standard InChI is InChI=1S/C30H40N8O3/c1-29-15-36(5)16-30(2,27(29)41)18-37(17-29)25(39)19-10-11-23(31-13-19)33-28-32-14-20-12-22(26(40)35(3)4)38(24(20)34-28)21-8-6-7-9-21/h10-14,21,27,41H,6-9,15-18H2,1-5H3,(H,31,32,33,34). The Kier molecular flexibility index (Phi) is 6.77. The minimum atomic E-state index is -0.454. The number of nitrogens with one attached hydrogen (secondary N) is 1. The molecule has 11 heteroatoms. The highest BCUT2D eigenvalue weighted by Gasteiger charge is 2.55. The van der Waals surface area contributed by atoms with Crippen LogP contribution in [0.2, 0.25) is 0 Å². The molecule has 5 heterocycles. The molecule has 0 radical (unpaired) electrons. The summed E-state index contributed by atoms with van der Waals surface area (Å²) in [4.78, 5) is 46.0. The molecule has 6 rings (SSSR count). The lowest BCUT2D eigenvalue weighted by Crippen LogP contribution is -2.70. The number of amides is 2. The molecule has 2 aliphatic heterocycles. The fraction of sp³-hybridized carbons (Fsp3) is 0.567. The Morgan fingerprint density at radius 1 is 1.02 bits per heavy atom. The van der Waals surface area contributed by atoms with E-state index in [-0.39, 0.29) is 28.7 Å². The van der Waals surface area contributed by atoms with Crippen molar-refractivity contribution in [3.63, 3.8) is 0 Å². The van der Waals surface area contributed by atoms with Gasteiger partial charge < -0.3 is 29.7 Å². The zero-order valence-electron chi connectivity index (χ0n) is 24.6. The van der Waals surface area contributed by atoms with E-state index in [2.05, 4.69) is 45.6 Å². The number of aromatic nitrogens is 4. The Bertz CT molecular complexity index is 1460. The second-order valence-electron chi connectivity index (χ2n) is 13.1. The predicted molar refractivity (Wildman–Crippen MR) is 156 cm³/mol. The van der Waals surface area contributed by atoms with Gasteiger partial charge in [0, 0.05) is 74.9 Å². The van der Waals surface area contributed by atoms with Crippen molar-refractivity contribution < 1.29 is 14.7 Å². The maximum Gasteiger partial charge on any atom is 0.270 e. The fourth-order valence-corrected chi connectivity index (χ4v) is 7.53. The Morgan fingerprint density at radius 2 is 1.71 bits per heavy atom. The lowest BCUT2D eigenvalue weighted by molar-refractivity contribution is -0.161. The largest absolute Gasteiger partial charge is 0.392 e. The van der Waals surface area contributed by atoms with E-state index in [4.69, 9.17) is 4.98 Å². The van der Waals surface area contributed by atoms with Crippen LogP contribution in [0.4, 0.5) is 11.8 Å². The molecule has 2 atom stereocenters. The molecule has 2 bridgehead atoms. The summed E-state index contributed by atoms with van der Waals surface area (Å²) in [5.41, 5.74) is 1.11. The number of hydrogen-bond donors (Lipinski definition) is 2. The van der Waals surface area contributed by atoms with Crippen LogP contribution in [-0.2, 0) is 0 Å². The zero-order chi connectivity index (χ0) is 29.1. The zero-order valence-corrected chi connectivity index (χ0v) is 24.6. The van der Waals surface area contributed by atoms with Crippen molar-refractivity contribution in [2.75, 3.05) is 52.6 Å². The molecule has 2 unspecified atom stereocenters. The first-order chi connectivity index (χ1) is 19.5. The highest BCUT2D eigenvalue weighted by Crippen LogP contribution is 2.45. The molecule has 2 N–H and O–H groups in total. The molecule has 218 valence electrons. The maximum absolute atomic E-state index is 13.5. The quantitative estimate of drug-likeness (QED) is 0.489. The van der Waals surface area contributed by atoms with Gasteiger partial charge in [-0.15, -0.1) is 0 Å². The number of piperidine rings is 2. The van der Waals surface area contributed by atoms with Crippen molar-refractivity contribution in [1.29, 1.82) is 0 Å². The summed E-state index contributed by atoms with van der Waals surface area (Å²) in [6, 6.07) is 5.64. The van der Waals surface area contributed by atoms with Crippen molar-refractivity contribution in [3.8, 4) is 0 Å². The SMILES string of the molecule is CN1CC2(C)CN(C(=O)c3ccc(Nc4ncc5cc(C(=O)N(C)C)n(C6CCCC6)c5n4)nc3)CC(C)(C1)C2O. The van der Waals surface area contributed by atoms with Gasteiger partial charge in [0.1, 0.15) is 17.2 Å². The van der Waals surface area contributed by atoms with E-state index >= 15 is 0 Å². The molecular weight excluding hydrogens is 520 g/mol. The Balaban J connectivity index is 1.22. The van der Waals surface area contributed by atoms with Crippen LogP contribution in [0.1, 0.15) is 66.4 Å². The van der Waals surface area contributed by atoms with Crippen LogP contribution in [0, 0.1) is 10.8 Å². The fourth-order valence-electron chi connectivity index (χ4n) is 7.53. The highest BCUT2D eigenvalue weighted by molar-refractivity contribution is 5.98. The van der Waals surface area contributed by atoms with Crippen LogP contribution in [0.25, 0.3) is 11.0 Å². The van der Waals surface area contributed by atoms with Gasteiger partial charge in [0.25, 0.3) is 11.8 Å². The van der Waals surface area contributed by atoms with Gasteiger partial charge in [0.05, 0.1) is 11.7 Å². The van der Waals surface area contributed by atoms with Crippen LogP contribution in [0.3, 0.4) is 0 Å². The van der Waals surface area contributed by atoms with Gasteiger partial charge in [0.2, 0.25) is 5.95 Å². The summed E-state index contributed by atoms with van der Waals surface area (Å²) in [5, 5.41) is 15.0. The van der Waals surface area contributed by atoms with Gasteiger partial charge in [-0.1, -0.05) is 26.7 Å². The van der Waals surface area contributed by atoms with Crippen LogP contribution in [0.15, 0.2) is 30.6 Å². The number of likely N-dealkylation sites (tertiary alicyclic amines) is 2. The summed E-state index contributed by atoms with van der Waals surface area (Å²) >= 11 is 0. The van der Waals surface area contributed by atoms with Gasteiger partial charge in [-0.3, -0.25) is 9.59 Å². The molecular formula is C30H40N8O3. The van der Waals surface area contributed by atoms with Crippen LogP contribution in [0.5, 0.6) is 0 Å². The number of carbonyl (C=O) groups is 2. The van der Waals surface area contributed by atoms with Gasteiger partial charge in [-0.05, 0) is 38.1 Å². The predicted octanol–water partition coefficient (Wildman–Crippen LogP) is 3.16. The summed E-state index contributed by atoms with van der Waals surface area (Å²) < 4.78 is 2.08. The topological polar surface area (TPSA) is 120 Å². The minimum Gasteiger partial charge on any atom is -0.392 e. The van der Waals surface area contributed by atoms with Crippen LogP contribution in [-0.4, -0.2) is 105 Å². The Labute approximate surface area is 240 Å². The molecule has 3 fully saturated rings. The van der Waals surface area contributed by atoms with Crippen molar-refractivity contribution >= 4 is 34.6 Å². The molecule has 2 saturated heterocycles. The average molecular weight is 561 g/mol. The molecule has 11 nitrogen and oxygen atoms in total. The van der Waals surface area contributed by atoms with Gasteiger partial charge in [-0.25, -0.2) is 9.97 Å². The van der Waals surface area contributed by atoms with E-state index in [0.29, 0.717) is 36.1 Å². The maximum atomic E-state index is 13.5. The molecule has 3 aromatic heterocycles. The average Bonchev–Trinajstić information content (AvgIpc) is 3.57. The van der Waals surface area contributed by atoms with E-state index in [9.17, 15) is 14.7 Å². The normalized spacial score (nSPS) is 26.9. The summed E-state index contributed by atoms with van der Waals surface area (Å²) in [6.07, 6.45) is 7.18. The van der Waals surface area contributed by atoms with E-state index < -0.39 is 6.10 Å². The Hall–Kier alpha value is -3.57. The minimum absolute atomic E-state index is 0.0480. The molecule has 0 aromatic carbocycles. The van der Waals surface area contributed by atoms with E-state index in [1.165, 1.54) is 0 Å². The molecule has 3 aliphatic rings. The number of aliphatic hydroxyl groups is 1. The third-order valence-corrected chi connectivity index (χ3v) is 9.12. The lowest BCUT2D eigenvalue weighted by Gasteiger charge is -2.59. The van der Waals surface area contributed by atoms with E-state index in [0.717, 1.165) is 49.8 Å². The molecule has 41 heavy (non-hydrogen) atoms. The first-order valence-corrected chi connectivity index (χ1v) is 14.5. The summed E-state index contributed by atoms with van der Waals surface area (Å²) in [7, 11) is 5.60. The second-order valence-corrected chi connectivity index (χ2v) is 13.1. The number of aliphatic hydroxyl groups excluding tert-OH is 1. The number of carbonyl (C=O) groups excluding carboxylic acids is 2. The number of rotatable bonds is 5. The van der Waals surface area contributed by atoms with E-state index in [1.807, 2.05) is 11.0 Å². The Morgan fingerprint density at radius 3 is 2.32 bits per heavy atom. The molecule has 3 aromatic rings. The number of pyridine rings is 1. The van der Waals surface area contributed by atoms with Gasteiger partial charge in [0.15, 0.2) is 0 Å². The first-order valence-electron chi connectivity index (χ1n) is 14.5. The van der Waals surface area contributed by atoms with Gasteiger partial charge >= 0.3 is 0 Å². The number of anilines is 2. The molecule has 0 spiro atoms. The van der Waals surface area contributed by atoms with Crippen molar-refractivity contribution in [2.24, 2.45) is 10.8 Å². The van der Waals surface area contributed by atoms with Gasteiger partial charge in [-0.2, -0.15) is 4.98 Å². The third kappa shape index (κ3) is 4.84. The van der Waals surface area contributed by atoms with Crippen LogP contribution >= 0.6 is 0 Å². The lowest BCUT2D eigenvalue weighted by atomic mass is 9.63. The number of fused-ring (bicyclic) bond motifs is 3. The number of hydrogen-bond acceptors (Lipinski definition) is 8. The molecule has 2 amide bonds. The van der Waals surface area contributed by atoms with Crippen molar-refractivity contribution in [2.45, 2.75) is 51.7 Å². The third-order valence-electron chi connectivity index (χ3n) is 9.12. The molecule has 1 aliphatic carbocycles. The molecule has 1 saturated carbocycles.